The van der Waals surface area contributed by atoms with Crippen LogP contribution in [0.5, 0.6) is 5.75 Å². The van der Waals surface area contributed by atoms with Gasteiger partial charge in [-0.1, -0.05) is 37.6 Å². The fourth-order valence-electron chi connectivity index (χ4n) is 4.80. The maximum atomic E-state index is 13.5. The molecule has 1 aliphatic heterocycles. The third-order valence-corrected chi connectivity index (χ3v) is 8.51. The zero-order chi connectivity index (χ0) is 30.4. The second-order valence-corrected chi connectivity index (χ2v) is 11.9. The molecule has 2 N–H and O–H groups in total. The summed E-state index contributed by atoms with van der Waals surface area (Å²) in [6.45, 7) is 4.70. The third-order valence-electron chi connectivity index (χ3n) is 7.17. The first-order valence-corrected chi connectivity index (χ1v) is 15.2. The van der Waals surface area contributed by atoms with Crippen molar-refractivity contribution in [2.24, 2.45) is 5.92 Å². The minimum Gasteiger partial charge on any atom is -0.489 e. The second kappa shape index (κ2) is 13.5. The Morgan fingerprint density at radius 2 is 2.02 bits per heavy atom. The van der Waals surface area contributed by atoms with Gasteiger partial charge in [-0.25, -0.2) is 14.4 Å². The van der Waals surface area contributed by atoms with E-state index in [0.717, 1.165) is 5.39 Å². The maximum absolute atomic E-state index is 13.5. The Hall–Kier alpha value is -4.06. The Morgan fingerprint density at radius 3 is 2.74 bits per heavy atom. The van der Waals surface area contributed by atoms with E-state index in [1.54, 1.807) is 36.7 Å². The highest BCUT2D eigenvalue weighted by atomic mass is 35.5. The number of rotatable bonds is 12. The van der Waals surface area contributed by atoms with Crippen molar-refractivity contribution in [3.05, 3.63) is 95.5 Å². The van der Waals surface area contributed by atoms with E-state index in [9.17, 15) is 12.8 Å². The summed E-state index contributed by atoms with van der Waals surface area (Å²) < 4.78 is 48.4. The molecule has 2 aromatic carbocycles. The summed E-state index contributed by atoms with van der Waals surface area (Å²) in [5.74, 6) is 0.633. The van der Waals surface area contributed by atoms with Crippen molar-refractivity contribution in [1.29, 1.82) is 0 Å². The lowest BCUT2D eigenvalue weighted by Gasteiger charge is -2.28. The zero-order valence-corrected chi connectivity index (χ0v) is 25.3. The van der Waals surface area contributed by atoms with Crippen molar-refractivity contribution >= 4 is 49.2 Å². The van der Waals surface area contributed by atoms with Crippen molar-refractivity contribution in [1.82, 2.24) is 20.3 Å². The smallest absolute Gasteiger partial charge is 0.214 e. The monoisotopic (exact) mass is 623 g/mol. The quantitative estimate of drug-likeness (QED) is 0.146. The molecule has 0 saturated carbocycles. The average molecular weight is 624 g/mol. The predicted molar refractivity (Wildman–Crippen MR) is 166 cm³/mol. The lowest BCUT2D eigenvalue weighted by atomic mass is 9.91. The highest BCUT2D eigenvalue weighted by Crippen LogP contribution is 2.38. The molecule has 43 heavy (non-hydrogen) atoms. The van der Waals surface area contributed by atoms with E-state index in [4.69, 9.17) is 21.1 Å². The molecule has 3 heterocycles. The number of nitrogens with one attached hydrogen (secondary N) is 2. The van der Waals surface area contributed by atoms with Crippen LogP contribution < -0.4 is 15.4 Å². The van der Waals surface area contributed by atoms with E-state index in [1.165, 1.54) is 18.5 Å². The minimum absolute atomic E-state index is 0.0730. The van der Waals surface area contributed by atoms with Crippen LogP contribution >= 0.6 is 11.6 Å². The van der Waals surface area contributed by atoms with Gasteiger partial charge in [-0.3, -0.25) is 4.98 Å². The topological polar surface area (TPSA) is 115 Å². The fourth-order valence-corrected chi connectivity index (χ4v) is 5.64. The number of fused-ring (bicyclic) bond motifs is 1. The number of aromatic nitrogens is 3. The largest absolute Gasteiger partial charge is 0.489 e. The van der Waals surface area contributed by atoms with Gasteiger partial charge in [0.15, 0.2) is 5.60 Å². The van der Waals surface area contributed by atoms with Crippen molar-refractivity contribution in [3.63, 3.8) is 0 Å². The Balaban J connectivity index is 1.32. The van der Waals surface area contributed by atoms with Crippen LogP contribution in [-0.4, -0.2) is 41.3 Å². The first kappa shape index (κ1) is 30.4. The molecule has 0 fully saturated rings. The summed E-state index contributed by atoms with van der Waals surface area (Å²) in [5.41, 5.74) is 2.03. The maximum Gasteiger partial charge on any atom is 0.214 e. The highest BCUT2D eigenvalue weighted by Gasteiger charge is 2.37. The second-order valence-electron chi connectivity index (χ2n) is 10.5. The van der Waals surface area contributed by atoms with Crippen LogP contribution in [-0.2, 0) is 27.2 Å². The summed E-state index contributed by atoms with van der Waals surface area (Å²) >= 11 is 6.51. The van der Waals surface area contributed by atoms with Crippen LogP contribution in [0.1, 0.15) is 37.9 Å². The molecule has 2 aromatic heterocycles. The molecule has 1 aliphatic rings. The van der Waals surface area contributed by atoms with Crippen molar-refractivity contribution in [2.45, 2.75) is 38.9 Å². The van der Waals surface area contributed by atoms with Gasteiger partial charge in [-0.2, -0.15) is 8.42 Å². The van der Waals surface area contributed by atoms with E-state index >= 15 is 0 Å². The van der Waals surface area contributed by atoms with Crippen LogP contribution in [0.3, 0.4) is 0 Å². The van der Waals surface area contributed by atoms with E-state index in [-0.39, 0.29) is 24.9 Å². The molecule has 0 spiro atoms. The molecule has 0 radical (unpaired) electrons. The van der Waals surface area contributed by atoms with Crippen molar-refractivity contribution in [2.75, 3.05) is 18.4 Å². The normalized spacial score (nSPS) is 15.9. The summed E-state index contributed by atoms with van der Waals surface area (Å²) in [6, 6.07) is 13.4. The molecular weight excluding hydrogens is 593 g/mol. The number of benzene rings is 2. The number of nitrogens with zero attached hydrogens (tertiary/aromatic N) is 3. The summed E-state index contributed by atoms with van der Waals surface area (Å²) in [6.07, 6.45) is 7.95. The minimum atomic E-state index is -2.23. The van der Waals surface area contributed by atoms with Gasteiger partial charge in [0.2, 0.25) is 10.3 Å². The summed E-state index contributed by atoms with van der Waals surface area (Å²) in [4.78, 5) is 14.0. The van der Waals surface area contributed by atoms with E-state index < -0.39 is 15.9 Å². The van der Waals surface area contributed by atoms with Crippen LogP contribution in [0.2, 0.25) is 5.02 Å². The van der Waals surface area contributed by atoms with Crippen LogP contribution in [0.25, 0.3) is 10.9 Å². The molecule has 0 aliphatic carbocycles. The van der Waals surface area contributed by atoms with Gasteiger partial charge in [0.1, 0.15) is 30.3 Å². The Bertz CT molecular complexity index is 1780. The van der Waals surface area contributed by atoms with Gasteiger partial charge in [-0.05, 0) is 60.5 Å². The molecule has 224 valence electrons. The van der Waals surface area contributed by atoms with Gasteiger partial charge in [-0.15, -0.1) is 0 Å². The Labute approximate surface area is 255 Å². The van der Waals surface area contributed by atoms with E-state index in [2.05, 4.69) is 25.6 Å². The zero-order valence-electron chi connectivity index (χ0n) is 23.7. The Morgan fingerprint density at radius 1 is 1.16 bits per heavy atom. The number of halogens is 2. The van der Waals surface area contributed by atoms with Crippen molar-refractivity contribution < 1.29 is 22.3 Å². The molecule has 12 heteroatoms. The average Bonchev–Trinajstić information content (AvgIpc) is 3.46. The molecule has 1 atom stereocenters. The number of hydrogen-bond donors (Lipinski definition) is 2. The van der Waals surface area contributed by atoms with Gasteiger partial charge >= 0.3 is 0 Å². The standard InChI is InChI=1S/C31H31ClFN5O4S/c1-20(2)28(43(39)40)17-34-11-10-31(9-4-12-42-31)29-15-24-26(16-35-29)36-19-37-30(24)38-23-7-8-27(25(32)14-23)41-18-21-5-3-6-22(33)13-21/h3-8,12-16,19-20,34H,9-11,17-18H2,1-2H3,(H,36,37,38). The van der Waals surface area contributed by atoms with E-state index in [1.807, 2.05) is 32.1 Å². The molecule has 0 amide bonds. The van der Waals surface area contributed by atoms with Crippen LogP contribution in [0, 0.1) is 11.7 Å². The van der Waals surface area contributed by atoms with Crippen LogP contribution in [0.4, 0.5) is 15.9 Å². The first-order valence-electron chi connectivity index (χ1n) is 13.8. The summed E-state index contributed by atoms with van der Waals surface area (Å²) in [7, 11) is -2.23. The Kier molecular flexibility index (Phi) is 9.54. The number of pyridine rings is 1. The molecule has 5 rings (SSSR count). The lowest BCUT2D eigenvalue weighted by Crippen LogP contribution is -2.34. The predicted octanol–water partition coefficient (Wildman–Crippen LogP) is 5.96. The molecule has 0 bridgehead atoms. The third kappa shape index (κ3) is 7.30. The SMILES string of the molecule is CC(C)C(CNCCC1(c2cc3c(Nc4ccc(OCc5cccc(F)c5)c(Cl)c4)ncnc3cn2)CC=CO1)=S(=O)=O. The number of anilines is 2. The van der Waals surface area contributed by atoms with Gasteiger partial charge in [0, 0.05) is 30.5 Å². The number of ether oxygens (including phenoxy) is 2. The lowest BCUT2D eigenvalue weighted by molar-refractivity contribution is 0.0289. The van der Waals surface area contributed by atoms with Crippen molar-refractivity contribution in [3.8, 4) is 5.75 Å². The molecular formula is C31H31ClFN5O4S. The van der Waals surface area contributed by atoms with Gasteiger partial charge < -0.3 is 20.1 Å². The first-order chi connectivity index (χ1) is 20.7. The fraction of sp³-hybridized carbons (Fsp3) is 0.290. The van der Waals surface area contributed by atoms with Gasteiger partial charge in [0.05, 0.1) is 33.6 Å². The molecule has 0 saturated heterocycles. The van der Waals surface area contributed by atoms with Crippen LogP contribution in [0.15, 0.2) is 73.4 Å². The molecule has 1 unspecified atom stereocenters. The highest BCUT2D eigenvalue weighted by molar-refractivity contribution is 7.73. The molecule has 4 aromatic rings. The molecule has 9 nitrogen and oxygen atoms in total. The number of hydrogen-bond acceptors (Lipinski definition) is 9. The van der Waals surface area contributed by atoms with E-state index in [0.29, 0.717) is 63.3 Å². The summed E-state index contributed by atoms with van der Waals surface area (Å²) in [5, 5.41) is 7.69. The van der Waals surface area contributed by atoms with Gasteiger partial charge in [0.25, 0.3) is 0 Å².